The van der Waals surface area contributed by atoms with Crippen LogP contribution in [0.5, 0.6) is 5.75 Å². The Morgan fingerprint density at radius 1 is 1.15 bits per heavy atom. The summed E-state index contributed by atoms with van der Waals surface area (Å²) >= 11 is 0. The third-order valence-electron chi connectivity index (χ3n) is 4.88. The maximum Gasteiger partial charge on any atom is 0.275 e. The van der Waals surface area contributed by atoms with Gasteiger partial charge in [0.15, 0.2) is 0 Å². The minimum atomic E-state index is -1.19. The second kappa shape index (κ2) is 6.90. The fourth-order valence-corrected chi connectivity index (χ4v) is 3.43. The number of hydrogen-bond donors (Lipinski definition) is 1. The van der Waals surface area contributed by atoms with E-state index in [0.717, 1.165) is 5.56 Å². The van der Waals surface area contributed by atoms with Crippen LogP contribution < -0.4 is 15.0 Å². The highest BCUT2D eigenvalue weighted by Gasteiger charge is 2.37. The van der Waals surface area contributed by atoms with Crippen molar-refractivity contribution in [1.82, 2.24) is 4.90 Å². The number of benzene rings is 2. The number of hydrogen-bond acceptors (Lipinski definition) is 4. The van der Waals surface area contributed by atoms with Crippen LogP contribution in [0.3, 0.4) is 0 Å². The van der Waals surface area contributed by atoms with E-state index in [1.54, 1.807) is 35.2 Å². The molecule has 2 aliphatic rings. The average Bonchev–Trinajstić information content (AvgIpc) is 2.67. The summed E-state index contributed by atoms with van der Waals surface area (Å²) in [6, 6.07) is 12.0. The van der Waals surface area contributed by atoms with Gasteiger partial charge in [-0.05, 0) is 36.8 Å². The van der Waals surface area contributed by atoms with E-state index in [1.165, 1.54) is 6.07 Å². The molecule has 1 fully saturated rings. The molecule has 1 atom stereocenters. The number of piperazine rings is 1. The van der Waals surface area contributed by atoms with Crippen molar-refractivity contribution in [2.75, 3.05) is 36.4 Å². The summed E-state index contributed by atoms with van der Waals surface area (Å²) in [5, 5.41) is 2.74. The van der Waals surface area contributed by atoms with Gasteiger partial charge in [0.05, 0.1) is 11.4 Å². The lowest BCUT2D eigenvalue weighted by molar-refractivity contribution is -0.145. The number of anilines is 2. The van der Waals surface area contributed by atoms with Crippen LogP contribution in [-0.2, 0) is 9.59 Å². The highest BCUT2D eigenvalue weighted by Crippen LogP contribution is 2.31. The zero-order valence-electron chi connectivity index (χ0n) is 14.9. The number of halogens is 1. The third-order valence-corrected chi connectivity index (χ3v) is 4.88. The van der Waals surface area contributed by atoms with Crippen LogP contribution in [0.2, 0.25) is 0 Å². The first-order valence-electron chi connectivity index (χ1n) is 8.89. The van der Waals surface area contributed by atoms with Crippen molar-refractivity contribution in [3.05, 3.63) is 53.8 Å². The zero-order valence-corrected chi connectivity index (χ0v) is 14.9. The average molecular weight is 369 g/mol. The van der Waals surface area contributed by atoms with Gasteiger partial charge in [-0.1, -0.05) is 18.2 Å². The first-order valence-corrected chi connectivity index (χ1v) is 8.89. The largest absolute Gasteiger partial charge is 0.468 e. The normalized spacial score (nSPS) is 19.2. The fraction of sp³-hybridized carbons (Fsp3) is 0.300. The maximum absolute atomic E-state index is 13.9. The van der Waals surface area contributed by atoms with Gasteiger partial charge >= 0.3 is 0 Å². The quantitative estimate of drug-likeness (QED) is 0.825. The molecule has 2 aliphatic heterocycles. The number of amides is 2. The Morgan fingerprint density at radius 3 is 2.63 bits per heavy atom. The molecular weight excluding hydrogens is 349 g/mol. The van der Waals surface area contributed by atoms with Gasteiger partial charge in [-0.2, -0.15) is 0 Å². The van der Waals surface area contributed by atoms with Crippen LogP contribution >= 0.6 is 0 Å². The predicted octanol–water partition coefficient (Wildman–Crippen LogP) is 2.18. The number of ether oxygens (including phenoxy) is 1. The minimum Gasteiger partial charge on any atom is -0.468 e. The molecule has 2 heterocycles. The lowest BCUT2D eigenvalue weighted by Gasteiger charge is -2.38. The van der Waals surface area contributed by atoms with Gasteiger partial charge in [0.1, 0.15) is 11.6 Å². The Bertz CT molecular complexity index is 894. The number of para-hydroxylation sites is 1. The van der Waals surface area contributed by atoms with Crippen molar-refractivity contribution < 1.29 is 18.7 Å². The molecule has 27 heavy (non-hydrogen) atoms. The Labute approximate surface area is 156 Å². The number of nitrogens with one attached hydrogen (secondary N) is 1. The Balaban J connectivity index is 1.43. The lowest BCUT2D eigenvalue weighted by atomic mass is 10.1. The molecule has 2 aromatic carbocycles. The van der Waals surface area contributed by atoms with Gasteiger partial charge in [-0.15, -0.1) is 0 Å². The van der Waals surface area contributed by atoms with Crippen LogP contribution in [-0.4, -0.2) is 49.0 Å². The highest BCUT2D eigenvalue weighted by atomic mass is 19.1. The maximum atomic E-state index is 13.9. The molecule has 140 valence electrons. The van der Waals surface area contributed by atoms with Gasteiger partial charge in [0.25, 0.3) is 17.9 Å². The van der Waals surface area contributed by atoms with E-state index >= 15 is 0 Å². The molecule has 7 heteroatoms. The van der Waals surface area contributed by atoms with Crippen LogP contribution in [0.15, 0.2) is 42.5 Å². The summed E-state index contributed by atoms with van der Waals surface area (Å²) in [5.41, 5.74) is 2.10. The van der Waals surface area contributed by atoms with E-state index in [4.69, 9.17) is 4.74 Å². The summed E-state index contributed by atoms with van der Waals surface area (Å²) in [4.78, 5) is 28.6. The molecule has 1 N–H and O–H groups in total. The lowest BCUT2D eigenvalue weighted by Crippen LogP contribution is -2.56. The molecule has 1 saturated heterocycles. The first-order chi connectivity index (χ1) is 13.0. The van der Waals surface area contributed by atoms with Gasteiger partial charge in [-0.3, -0.25) is 9.59 Å². The molecule has 2 aromatic rings. The Kier molecular flexibility index (Phi) is 4.43. The molecular formula is C20H20FN3O3. The van der Waals surface area contributed by atoms with E-state index in [-0.39, 0.29) is 11.7 Å². The zero-order chi connectivity index (χ0) is 19.0. The number of carbonyl (C=O) groups is 2. The molecule has 0 aliphatic carbocycles. The van der Waals surface area contributed by atoms with Gasteiger partial charge in [0, 0.05) is 26.2 Å². The third kappa shape index (κ3) is 3.32. The monoisotopic (exact) mass is 369 g/mol. The predicted molar refractivity (Wildman–Crippen MR) is 99.4 cm³/mol. The number of fused-ring (bicyclic) bond motifs is 1. The molecule has 0 saturated carbocycles. The molecule has 0 unspecified atom stereocenters. The summed E-state index contributed by atoms with van der Waals surface area (Å²) in [5.74, 6) is -0.621. The second-order valence-electron chi connectivity index (χ2n) is 6.75. The summed E-state index contributed by atoms with van der Waals surface area (Å²) in [6.45, 7) is 3.72. The standard InChI is InChI=1S/C20H20FN3O3/c1-13-6-7-17-15(12-13)22-19(25)18(27-17)20(26)24-10-8-23(9-11-24)16-5-3-2-4-14(16)21/h2-7,12,18H,8-11H2,1H3,(H,22,25)/t18-/m0/s1. The van der Waals surface area contributed by atoms with Crippen LogP contribution in [0.1, 0.15) is 5.56 Å². The van der Waals surface area contributed by atoms with Crippen LogP contribution in [0.25, 0.3) is 0 Å². The second-order valence-corrected chi connectivity index (χ2v) is 6.75. The van der Waals surface area contributed by atoms with Gasteiger partial charge < -0.3 is 19.9 Å². The summed E-state index contributed by atoms with van der Waals surface area (Å²) < 4.78 is 19.6. The fourth-order valence-electron chi connectivity index (χ4n) is 3.43. The molecule has 4 rings (SSSR count). The number of aryl methyl sites for hydroxylation is 1. The summed E-state index contributed by atoms with van der Waals surface area (Å²) in [7, 11) is 0. The van der Waals surface area contributed by atoms with E-state index in [1.807, 2.05) is 17.9 Å². The van der Waals surface area contributed by atoms with E-state index in [0.29, 0.717) is 43.3 Å². The molecule has 0 radical (unpaired) electrons. The molecule has 0 bridgehead atoms. The highest BCUT2D eigenvalue weighted by molar-refractivity contribution is 6.11. The molecule has 0 aromatic heterocycles. The van der Waals surface area contributed by atoms with Gasteiger partial charge in [0.2, 0.25) is 0 Å². The molecule has 2 amide bonds. The van der Waals surface area contributed by atoms with Crippen LogP contribution in [0.4, 0.5) is 15.8 Å². The van der Waals surface area contributed by atoms with Crippen molar-refractivity contribution in [3.8, 4) is 5.75 Å². The van der Waals surface area contributed by atoms with E-state index in [2.05, 4.69) is 5.32 Å². The van der Waals surface area contributed by atoms with Crippen molar-refractivity contribution in [3.63, 3.8) is 0 Å². The number of nitrogens with zero attached hydrogens (tertiary/aromatic N) is 2. The van der Waals surface area contributed by atoms with Crippen molar-refractivity contribution >= 4 is 23.2 Å². The smallest absolute Gasteiger partial charge is 0.275 e. The SMILES string of the molecule is Cc1ccc2c(c1)NC(=O)[C@@H](C(=O)N1CCN(c3ccccc3F)CC1)O2. The van der Waals surface area contributed by atoms with E-state index < -0.39 is 12.0 Å². The van der Waals surface area contributed by atoms with Gasteiger partial charge in [-0.25, -0.2) is 4.39 Å². The van der Waals surface area contributed by atoms with Crippen molar-refractivity contribution in [1.29, 1.82) is 0 Å². The van der Waals surface area contributed by atoms with Crippen molar-refractivity contribution in [2.24, 2.45) is 0 Å². The molecule has 0 spiro atoms. The first kappa shape index (κ1) is 17.3. The van der Waals surface area contributed by atoms with Crippen LogP contribution in [0, 0.1) is 12.7 Å². The Morgan fingerprint density at radius 2 is 1.89 bits per heavy atom. The van der Waals surface area contributed by atoms with E-state index in [9.17, 15) is 14.0 Å². The number of rotatable bonds is 2. The Hall–Kier alpha value is -3.09. The molecule has 6 nitrogen and oxygen atoms in total. The minimum absolute atomic E-state index is 0.279. The van der Waals surface area contributed by atoms with Crippen molar-refractivity contribution in [2.45, 2.75) is 13.0 Å². The number of carbonyl (C=O) groups excluding carboxylic acids is 2. The summed E-state index contributed by atoms with van der Waals surface area (Å²) in [6.07, 6.45) is -1.19. The topological polar surface area (TPSA) is 61.9 Å².